The van der Waals surface area contributed by atoms with Gasteiger partial charge in [-0.1, -0.05) is 64.7 Å². The van der Waals surface area contributed by atoms with E-state index in [1.165, 1.54) is 10.2 Å². The Bertz CT molecular complexity index is 1130. The van der Waals surface area contributed by atoms with Crippen molar-refractivity contribution in [2.75, 3.05) is 11.1 Å². The van der Waals surface area contributed by atoms with Crippen LogP contribution in [0, 0.1) is 0 Å². The quantitative estimate of drug-likeness (QED) is 0.481. The first kappa shape index (κ1) is 19.2. The topological polar surface area (TPSA) is 94.5 Å². The number of rotatable bonds is 6. The number of benzene rings is 2. The maximum absolute atomic E-state index is 6.31. The van der Waals surface area contributed by atoms with Crippen LogP contribution in [0.5, 0.6) is 0 Å². The fraction of sp³-hybridized carbons (Fsp3) is 0.100. The number of nitrogens with two attached hydrogens (primary N) is 1. The van der Waals surface area contributed by atoms with Gasteiger partial charge in [0, 0.05) is 18.3 Å². The molecule has 2 aromatic heterocycles. The Morgan fingerprint density at radius 3 is 2.66 bits per heavy atom. The van der Waals surface area contributed by atoms with Crippen molar-refractivity contribution in [2.24, 2.45) is 0 Å². The van der Waals surface area contributed by atoms with Gasteiger partial charge in [0.25, 0.3) is 0 Å². The van der Waals surface area contributed by atoms with Crippen molar-refractivity contribution < 1.29 is 0 Å². The Labute approximate surface area is 177 Å². The monoisotopic (exact) mass is 425 g/mol. The second-order valence-electron chi connectivity index (χ2n) is 6.34. The molecule has 0 unspecified atom stereocenters. The molecule has 0 amide bonds. The van der Waals surface area contributed by atoms with Crippen LogP contribution in [-0.2, 0) is 13.0 Å². The van der Waals surface area contributed by atoms with Gasteiger partial charge in [0.05, 0.1) is 15.7 Å². The number of nitrogen functional groups attached to an aromatic ring is 1. The summed E-state index contributed by atoms with van der Waals surface area (Å²) in [6.07, 6.45) is 2.46. The molecular formula is C20H17Cl2N7. The maximum Gasteiger partial charge on any atom is 0.248 e. The van der Waals surface area contributed by atoms with Gasteiger partial charge in [-0.25, -0.2) is 4.98 Å². The van der Waals surface area contributed by atoms with Crippen LogP contribution in [0.25, 0.3) is 5.69 Å². The third-order valence-corrected chi connectivity index (χ3v) is 5.28. The van der Waals surface area contributed by atoms with E-state index in [0.29, 0.717) is 34.0 Å². The third-order valence-electron chi connectivity index (χ3n) is 4.48. The summed E-state index contributed by atoms with van der Waals surface area (Å²) in [7, 11) is 0. The first-order chi connectivity index (χ1) is 14.1. The predicted molar refractivity (Wildman–Crippen MR) is 114 cm³/mol. The summed E-state index contributed by atoms with van der Waals surface area (Å²) in [4.78, 5) is 4.23. The Morgan fingerprint density at radius 2 is 1.83 bits per heavy atom. The highest BCUT2D eigenvalue weighted by atomic mass is 35.5. The smallest absolute Gasteiger partial charge is 0.248 e. The molecule has 0 bridgehead atoms. The Morgan fingerprint density at radius 1 is 1.00 bits per heavy atom. The van der Waals surface area contributed by atoms with Crippen LogP contribution < -0.4 is 11.1 Å². The standard InChI is InChI=1S/C20H17Cl2N7/c21-16-7-4-8-17(18(16)22)29-20(26-27-28-29)25-12-15-14(9-10-24-19(15)23)11-13-5-2-1-3-6-13/h1-10H,11-12H2,(H2,23,24)(H,25,26,28). The summed E-state index contributed by atoms with van der Waals surface area (Å²) >= 11 is 12.4. The van der Waals surface area contributed by atoms with Crippen LogP contribution in [0.1, 0.15) is 16.7 Å². The highest BCUT2D eigenvalue weighted by molar-refractivity contribution is 6.43. The first-order valence-corrected chi connectivity index (χ1v) is 9.62. The number of halogens is 2. The molecule has 0 spiro atoms. The molecule has 0 aliphatic carbocycles. The molecule has 4 aromatic rings. The molecular weight excluding hydrogens is 409 g/mol. The van der Waals surface area contributed by atoms with Gasteiger partial charge in [0.15, 0.2) is 0 Å². The molecule has 7 nitrogen and oxygen atoms in total. The molecule has 0 aliphatic rings. The zero-order valence-electron chi connectivity index (χ0n) is 15.3. The van der Waals surface area contributed by atoms with E-state index in [9.17, 15) is 0 Å². The Kier molecular flexibility index (Phi) is 5.59. The molecule has 0 aliphatic heterocycles. The first-order valence-electron chi connectivity index (χ1n) is 8.86. The minimum absolute atomic E-state index is 0.371. The van der Waals surface area contributed by atoms with E-state index in [2.05, 4.69) is 38.0 Å². The highest BCUT2D eigenvalue weighted by Crippen LogP contribution is 2.29. The highest BCUT2D eigenvalue weighted by Gasteiger charge is 2.15. The summed E-state index contributed by atoms with van der Waals surface area (Å²) < 4.78 is 1.50. The lowest BCUT2D eigenvalue weighted by molar-refractivity contribution is 0.789. The van der Waals surface area contributed by atoms with Crippen LogP contribution in [-0.4, -0.2) is 25.2 Å². The molecule has 0 fully saturated rings. The minimum atomic E-state index is 0.371. The van der Waals surface area contributed by atoms with E-state index in [-0.39, 0.29) is 0 Å². The lowest BCUT2D eigenvalue weighted by Crippen LogP contribution is -2.12. The van der Waals surface area contributed by atoms with Gasteiger partial charge in [-0.05, 0) is 46.2 Å². The van der Waals surface area contributed by atoms with E-state index in [1.807, 2.05) is 24.3 Å². The molecule has 4 rings (SSSR count). The van der Waals surface area contributed by atoms with Crippen LogP contribution in [0.3, 0.4) is 0 Å². The molecule has 0 saturated carbocycles. The number of aromatic nitrogens is 5. The van der Waals surface area contributed by atoms with Gasteiger partial charge in [-0.3, -0.25) is 0 Å². The van der Waals surface area contributed by atoms with Crippen molar-refractivity contribution in [3.8, 4) is 5.69 Å². The number of hydrogen-bond acceptors (Lipinski definition) is 6. The van der Waals surface area contributed by atoms with Crippen molar-refractivity contribution >= 4 is 35.0 Å². The molecule has 3 N–H and O–H groups in total. The fourth-order valence-electron chi connectivity index (χ4n) is 3.02. The van der Waals surface area contributed by atoms with E-state index < -0.39 is 0 Å². The molecule has 2 aromatic carbocycles. The largest absolute Gasteiger partial charge is 0.383 e. The number of nitrogens with zero attached hydrogens (tertiary/aromatic N) is 5. The minimum Gasteiger partial charge on any atom is -0.383 e. The van der Waals surface area contributed by atoms with Crippen LogP contribution >= 0.6 is 23.2 Å². The summed E-state index contributed by atoms with van der Waals surface area (Å²) in [6.45, 7) is 0.403. The zero-order valence-corrected chi connectivity index (χ0v) is 16.8. The lowest BCUT2D eigenvalue weighted by atomic mass is 10.0. The van der Waals surface area contributed by atoms with E-state index in [0.717, 1.165) is 17.5 Å². The van der Waals surface area contributed by atoms with Gasteiger partial charge < -0.3 is 11.1 Å². The van der Waals surface area contributed by atoms with Gasteiger partial charge in [-0.15, -0.1) is 0 Å². The van der Waals surface area contributed by atoms with Crippen molar-refractivity contribution in [1.29, 1.82) is 0 Å². The lowest BCUT2D eigenvalue weighted by Gasteiger charge is -2.13. The van der Waals surface area contributed by atoms with E-state index in [4.69, 9.17) is 28.9 Å². The van der Waals surface area contributed by atoms with E-state index in [1.54, 1.807) is 24.4 Å². The molecule has 0 saturated heterocycles. The normalized spacial score (nSPS) is 10.8. The molecule has 0 radical (unpaired) electrons. The second-order valence-corrected chi connectivity index (χ2v) is 7.12. The molecule has 9 heteroatoms. The van der Waals surface area contributed by atoms with Gasteiger partial charge >= 0.3 is 0 Å². The number of hydrogen-bond donors (Lipinski definition) is 2. The van der Waals surface area contributed by atoms with Crippen LogP contribution in [0.2, 0.25) is 10.0 Å². The van der Waals surface area contributed by atoms with Crippen molar-refractivity contribution in [2.45, 2.75) is 13.0 Å². The molecule has 2 heterocycles. The van der Waals surface area contributed by atoms with Gasteiger partial charge in [-0.2, -0.15) is 4.68 Å². The average molecular weight is 426 g/mol. The van der Waals surface area contributed by atoms with E-state index >= 15 is 0 Å². The fourth-order valence-corrected chi connectivity index (χ4v) is 3.39. The molecule has 0 atom stereocenters. The number of pyridine rings is 1. The van der Waals surface area contributed by atoms with Crippen molar-refractivity contribution in [1.82, 2.24) is 25.2 Å². The van der Waals surface area contributed by atoms with Crippen LogP contribution in [0.15, 0.2) is 60.8 Å². The third kappa shape index (κ3) is 4.16. The average Bonchev–Trinajstić information content (AvgIpc) is 3.19. The predicted octanol–water partition coefficient (Wildman–Crippen LogP) is 4.15. The van der Waals surface area contributed by atoms with Crippen molar-refractivity contribution in [3.05, 3.63) is 87.5 Å². The van der Waals surface area contributed by atoms with Gasteiger partial charge in [0.1, 0.15) is 5.82 Å². The molecule has 146 valence electrons. The maximum atomic E-state index is 6.31. The summed E-state index contributed by atoms with van der Waals surface area (Å²) in [5.74, 6) is 0.883. The van der Waals surface area contributed by atoms with Gasteiger partial charge in [0.2, 0.25) is 5.95 Å². The molecule has 29 heavy (non-hydrogen) atoms. The van der Waals surface area contributed by atoms with Crippen LogP contribution in [0.4, 0.5) is 11.8 Å². The zero-order chi connectivity index (χ0) is 20.2. The second kappa shape index (κ2) is 8.46. The van der Waals surface area contributed by atoms with Crippen molar-refractivity contribution in [3.63, 3.8) is 0 Å². The summed E-state index contributed by atoms with van der Waals surface area (Å²) in [6, 6.07) is 17.4. The number of nitrogens with one attached hydrogen (secondary N) is 1. The number of tetrazole rings is 1. The Balaban J connectivity index is 1.60. The SMILES string of the molecule is Nc1nccc(Cc2ccccc2)c1CNc1nnnn1-c1cccc(Cl)c1Cl. The summed E-state index contributed by atoms with van der Waals surface area (Å²) in [5.41, 5.74) is 9.90. The Hall–Kier alpha value is -3.16. The summed E-state index contributed by atoms with van der Waals surface area (Å²) in [5, 5.41) is 15.8. The number of anilines is 2.